The molecule has 0 spiro atoms. The van der Waals surface area contributed by atoms with Crippen molar-refractivity contribution in [3.8, 4) is 16.9 Å². The van der Waals surface area contributed by atoms with Crippen LogP contribution in [-0.2, 0) is 0 Å². The van der Waals surface area contributed by atoms with Gasteiger partial charge in [-0.15, -0.1) is 0 Å². The third-order valence-electron chi connectivity index (χ3n) is 4.34. The fourth-order valence-electron chi connectivity index (χ4n) is 2.60. The first-order chi connectivity index (χ1) is 12.7. The van der Waals surface area contributed by atoms with Gasteiger partial charge in [-0.3, -0.25) is 4.79 Å². The van der Waals surface area contributed by atoms with Gasteiger partial charge in [0.05, 0.1) is 6.61 Å². The maximum Gasteiger partial charge on any atom is 0.193 e. The summed E-state index contributed by atoms with van der Waals surface area (Å²) in [7, 11) is 0. The zero-order valence-electron chi connectivity index (χ0n) is 14.6. The first-order valence-corrected chi connectivity index (χ1v) is 9.56. The van der Waals surface area contributed by atoms with Crippen LogP contribution in [0.2, 0.25) is 0 Å². The van der Waals surface area contributed by atoms with Crippen molar-refractivity contribution in [2.24, 2.45) is 5.92 Å². The standard InChI is InChI=1S/C22H21NO2S/c1-2-16(13-23)14-25-21-9-7-19(8-10-21)22(24)18-5-3-17(4-6-18)20-11-12-26-15-20/h3-13,15-16,23H,2,14H2,1H3/t16-/m1/s1. The number of carbonyl (C=O) groups excluding carboxylic acids is 1. The molecule has 0 aliphatic rings. The van der Waals surface area contributed by atoms with Crippen LogP contribution < -0.4 is 4.74 Å². The predicted molar refractivity (Wildman–Crippen MR) is 108 cm³/mol. The van der Waals surface area contributed by atoms with Gasteiger partial charge in [-0.1, -0.05) is 31.2 Å². The Morgan fingerprint density at radius 1 is 1.04 bits per heavy atom. The molecule has 1 atom stereocenters. The molecular weight excluding hydrogens is 342 g/mol. The Labute approximate surface area is 157 Å². The van der Waals surface area contributed by atoms with Crippen molar-refractivity contribution in [1.29, 1.82) is 5.41 Å². The summed E-state index contributed by atoms with van der Waals surface area (Å²) in [6.07, 6.45) is 2.29. The zero-order valence-corrected chi connectivity index (χ0v) is 15.5. The lowest BCUT2D eigenvalue weighted by atomic mass is 10.0. The highest BCUT2D eigenvalue weighted by Crippen LogP contribution is 2.23. The van der Waals surface area contributed by atoms with E-state index in [4.69, 9.17) is 10.1 Å². The Balaban J connectivity index is 1.67. The molecule has 4 heteroatoms. The van der Waals surface area contributed by atoms with E-state index in [2.05, 4.69) is 11.4 Å². The number of thiophene rings is 1. The molecule has 132 valence electrons. The van der Waals surface area contributed by atoms with Crippen molar-refractivity contribution in [3.05, 3.63) is 76.5 Å². The van der Waals surface area contributed by atoms with E-state index >= 15 is 0 Å². The van der Waals surface area contributed by atoms with E-state index in [0.717, 1.165) is 17.7 Å². The number of nitrogens with one attached hydrogen (secondary N) is 1. The predicted octanol–water partition coefficient (Wildman–Crippen LogP) is 5.70. The smallest absolute Gasteiger partial charge is 0.193 e. The van der Waals surface area contributed by atoms with E-state index in [1.165, 1.54) is 11.8 Å². The van der Waals surface area contributed by atoms with Gasteiger partial charge in [0.2, 0.25) is 0 Å². The molecule has 0 radical (unpaired) electrons. The van der Waals surface area contributed by atoms with Crippen LogP contribution in [0.3, 0.4) is 0 Å². The fourth-order valence-corrected chi connectivity index (χ4v) is 3.26. The highest BCUT2D eigenvalue weighted by Gasteiger charge is 2.10. The summed E-state index contributed by atoms with van der Waals surface area (Å²) >= 11 is 1.66. The zero-order chi connectivity index (χ0) is 18.4. The van der Waals surface area contributed by atoms with E-state index in [9.17, 15) is 4.79 Å². The normalized spacial score (nSPS) is 11.7. The lowest BCUT2D eigenvalue weighted by Crippen LogP contribution is -2.12. The summed E-state index contributed by atoms with van der Waals surface area (Å²) in [5, 5.41) is 11.5. The molecule has 26 heavy (non-hydrogen) atoms. The number of ketones is 1. The van der Waals surface area contributed by atoms with Gasteiger partial charge < -0.3 is 10.1 Å². The molecule has 0 unspecified atom stereocenters. The molecule has 1 N–H and O–H groups in total. The summed E-state index contributed by atoms with van der Waals surface area (Å²) in [5.74, 6) is 0.840. The molecule has 3 rings (SSSR count). The SMILES string of the molecule is CC[C@H](C=N)COc1ccc(C(=O)c2ccc(-c3ccsc3)cc2)cc1. The number of hydrogen-bond donors (Lipinski definition) is 1. The molecule has 0 aliphatic heterocycles. The molecule has 0 saturated heterocycles. The number of benzene rings is 2. The number of ether oxygens (including phenoxy) is 1. The van der Waals surface area contributed by atoms with Crippen molar-refractivity contribution >= 4 is 23.3 Å². The molecule has 0 bridgehead atoms. The van der Waals surface area contributed by atoms with Crippen LogP contribution >= 0.6 is 11.3 Å². The summed E-state index contributed by atoms with van der Waals surface area (Å²) in [6, 6.07) is 17.0. The van der Waals surface area contributed by atoms with E-state index in [1.54, 1.807) is 23.5 Å². The molecule has 0 amide bonds. The first-order valence-electron chi connectivity index (χ1n) is 8.62. The van der Waals surface area contributed by atoms with Crippen molar-refractivity contribution in [2.75, 3.05) is 6.61 Å². The number of rotatable bonds is 8. The van der Waals surface area contributed by atoms with E-state index in [-0.39, 0.29) is 11.7 Å². The van der Waals surface area contributed by atoms with Crippen LogP contribution in [0.5, 0.6) is 5.75 Å². The van der Waals surface area contributed by atoms with E-state index in [1.807, 2.05) is 48.7 Å². The fraction of sp³-hybridized carbons (Fsp3) is 0.182. The summed E-state index contributed by atoms with van der Waals surface area (Å²) in [5.41, 5.74) is 3.60. The quantitative estimate of drug-likeness (QED) is 0.412. The van der Waals surface area contributed by atoms with Gasteiger partial charge in [-0.2, -0.15) is 11.3 Å². The average molecular weight is 363 g/mol. The molecule has 3 nitrogen and oxygen atoms in total. The van der Waals surface area contributed by atoms with E-state index in [0.29, 0.717) is 17.7 Å². The Kier molecular flexibility index (Phi) is 5.97. The third-order valence-corrected chi connectivity index (χ3v) is 5.03. The van der Waals surface area contributed by atoms with Gasteiger partial charge in [-0.25, -0.2) is 0 Å². The number of carbonyl (C=O) groups is 1. The summed E-state index contributed by atoms with van der Waals surface area (Å²) < 4.78 is 5.69. The molecule has 1 aromatic heterocycles. The molecule has 1 heterocycles. The molecule has 3 aromatic rings. The van der Waals surface area contributed by atoms with Crippen LogP contribution in [0, 0.1) is 11.3 Å². The maximum absolute atomic E-state index is 12.6. The Morgan fingerprint density at radius 2 is 1.69 bits per heavy atom. The first kappa shape index (κ1) is 18.1. The van der Waals surface area contributed by atoms with Crippen LogP contribution in [0.25, 0.3) is 11.1 Å². The lowest BCUT2D eigenvalue weighted by molar-refractivity contribution is 0.103. The molecular formula is C22H21NO2S. The van der Waals surface area contributed by atoms with Gasteiger partial charge in [0.15, 0.2) is 5.78 Å². The van der Waals surface area contributed by atoms with Crippen LogP contribution in [0.15, 0.2) is 65.4 Å². The average Bonchev–Trinajstić information content (AvgIpc) is 3.24. The Bertz CT molecular complexity index is 852. The Hall–Kier alpha value is -2.72. The minimum Gasteiger partial charge on any atom is -0.493 e. The highest BCUT2D eigenvalue weighted by molar-refractivity contribution is 7.08. The Morgan fingerprint density at radius 3 is 2.23 bits per heavy atom. The van der Waals surface area contributed by atoms with Crippen LogP contribution in [0.1, 0.15) is 29.3 Å². The third kappa shape index (κ3) is 4.27. The molecule has 0 saturated carbocycles. The van der Waals surface area contributed by atoms with E-state index < -0.39 is 0 Å². The van der Waals surface area contributed by atoms with Gasteiger partial charge in [-0.05, 0) is 58.6 Å². The summed E-state index contributed by atoms with van der Waals surface area (Å²) in [6.45, 7) is 2.52. The van der Waals surface area contributed by atoms with Gasteiger partial charge >= 0.3 is 0 Å². The highest BCUT2D eigenvalue weighted by atomic mass is 32.1. The van der Waals surface area contributed by atoms with Gasteiger partial charge in [0, 0.05) is 23.3 Å². The minimum absolute atomic E-state index is 0.000607. The molecule has 2 aromatic carbocycles. The molecule has 0 aliphatic carbocycles. The maximum atomic E-state index is 12.6. The van der Waals surface area contributed by atoms with Crippen molar-refractivity contribution < 1.29 is 9.53 Å². The van der Waals surface area contributed by atoms with Crippen LogP contribution in [-0.4, -0.2) is 18.6 Å². The van der Waals surface area contributed by atoms with Gasteiger partial charge in [0.1, 0.15) is 5.75 Å². The van der Waals surface area contributed by atoms with Crippen molar-refractivity contribution in [1.82, 2.24) is 0 Å². The minimum atomic E-state index is -0.000607. The van der Waals surface area contributed by atoms with Crippen molar-refractivity contribution in [2.45, 2.75) is 13.3 Å². The molecule has 0 fully saturated rings. The van der Waals surface area contributed by atoms with Crippen molar-refractivity contribution in [3.63, 3.8) is 0 Å². The number of hydrogen-bond acceptors (Lipinski definition) is 4. The second-order valence-corrected chi connectivity index (χ2v) is 6.87. The second kappa shape index (κ2) is 8.59. The second-order valence-electron chi connectivity index (χ2n) is 6.09. The lowest BCUT2D eigenvalue weighted by Gasteiger charge is -2.11. The topological polar surface area (TPSA) is 50.1 Å². The summed E-state index contributed by atoms with van der Waals surface area (Å²) in [4.78, 5) is 12.6. The van der Waals surface area contributed by atoms with Crippen LogP contribution in [0.4, 0.5) is 0 Å². The largest absolute Gasteiger partial charge is 0.493 e. The monoisotopic (exact) mass is 363 g/mol. The van der Waals surface area contributed by atoms with Gasteiger partial charge in [0.25, 0.3) is 0 Å².